The van der Waals surface area contributed by atoms with Gasteiger partial charge >= 0.3 is 5.69 Å². The predicted molar refractivity (Wildman–Crippen MR) is 79.0 cm³/mol. The zero-order valence-corrected chi connectivity index (χ0v) is 12.8. The molecule has 0 aliphatic carbocycles. The molecule has 22 heavy (non-hydrogen) atoms. The van der Waals surface area contributed by atoms with Crippen molar-refractivity contribution in [1.29, 1.82) is 0 Å². The van der Waals surface area contributed by atoms with Gasteiger partial charge in [-0.2, -0.15) is 4.39 Å². The Bertz CT molecular complexity index is 565. The largest absolute Gasteiger partial charge is 0.484 e. The van der Waals surface area contributed by atoms with E-state index in [0.29, 0.717) is 0 Å². The van der Waals surface area contributed by atoms with Crippen LogP contribution in [0.5, 0.6) is 5.75 Å². The van der Waals surface area contributed by atoms with Crippen molar-refractivity contribution in [2.75, 3.05) is 13.2 Å². The van der Waals surface area contributed by atoms with Crippen molar-refractivity contribution in [3.8, 4) is 5.75 Å². The van der Waals surface area contributed by atoms with Crippen molar-refractivity contribution in [3.63, 3.8) is 0 Å². The molecule has 0 aliphatic rings. The molecule has 1 unspecified atom stereocenters. The van der Waals surface area contributed by atoms with E-state index in [2.05, 4.69) is 5.32 Å². The minimum Gasteiger partial charge on any atom is -0.484 e. The van der Waals surface area contributed by atoms with E-state index in [0.717, 1.165) is 12.1 Å². The van der Waals surface area contributed by atoms with E-state index in [-0.39, 0.29) is 24.8 Å². The van der Waals surface area contributed by atoms with Crippen LogP contribution in [-0.4, -0.2) is 29.5 Å². The molecule has 0 saturated heterocycles. The summed E-state index contributed by atoms with van der Waals surface area (Å²) < 4.78 is 18.6. The number of benzene rings is 1. The molecule has 0 heterocycles. The molecule has 122 valence electrons. The summed E-state index contributed by atoms with van der Waals surface area (Å²) in [6.07, 6.45) is 0. The van der Waals surface area contributed by atoms with E-state index in [9.17, 15) is 19.3 Å². The number of nitrogens with one attached hydrogen (secondary N) is 1. The molecule has 1 atom stereocenters. The van der Waals surface area contributed by atoms with Gasteiger partial charge in [-0.15, -0.1) is 0 Å². The average Bonchev–Trinajstić information content (AvgIpc) is 2.44. The summed E-state index contributed by atoms with van der Waals surface area (Å²) >= 11 is 0. The van der Waals surface area contributed by atoms with Crippen LogP contribution in [-0.2, 0) is 4.79 Å². The highest BCUT2D eigenvalue weighted by Gasteiger charge is 2.28. The Labute approximate surface area is 127 Å². The number of carbonyl (C=O) groups is 1. The van der Waals surface area contributed by atoms with Gasteiger partial charge in [0.15, 0.2) is 6.61 Å². The van der Waals surface area contributed by atoms with Gasteiger partial charge in [0.25, 0.3) is 5.91 Å². The molecular formula is C14H20FN3O4. The predicted octanol–water partition coefficient (Wildman–Crippen LogP) is 1.60. The normalized spacial score (nSPS) is 13.5. The highest BCUT2D eigenvalue weighted by atomic mass is 19.1. The van der Waals surface area contributed by atoms with Crippen LogP contribution in [0.15, 0.2) is 18.2 Å². The molecule has 7 nitrogen and oxygen atoms in total. The van der Waals surface area contributed by atoms with E-state index < -0.39 is 27.9 Å². The number of nitro benzene ring substituents is 1. The van der Waals surface area contributed by atoms with Gasteiger partial charge in [-0.3, -0.25) is 14.9 Å². The fraction of sp³-hybridized carbons (Fsp3) is 0.500. The molecule has 1 amide bonds. The first-order valence-electron chi connectivity index (χ1n) is 6.77. The molecule has 0 saturated carbocycles. The molecule has 0 fully saturated rings. The fourth-order valence-corrected chi connectivity index (χ4v) is 1.66. The van der Waals surface area contributed by atoms with Crippen LogP contribution in [0.3, 0.4) is 0 Å². The summed E-state index contributed by atoms with van der Waals surface area (Å²) in [5.74, 6) is -1.26. The Balaban J connectivity index is 2.65. The monoisotopic (exact) mass is 313 g/mol. The Morgan fingerprint density at radius 1 is 1.55 bits per heavy atom. The molecular weight excluding hydrogens is 293 g/mol. The maximum Gasteiger partial charge on any atom is 0.305 e. The standard InChI is InChI=1S/C14H20FN3O4/c1-9(2)14(3,8-16)17-13(19)7-22-10-4-5-12(18(20)21)11(15)6-10/h4-6,9H,7-8,16H2,1-3H3,(H,17,19). The topological polar surface area (TPSA) is 107 Å². The van der Waals surface area contributed by atoms with E-state index >= 15 is 0 Å². The average molecular weight is 313 g/mol. The second-order valence-electron chi connectivity index (χ2n) is 5.48. The third kappa shape index (κ3) is 4.39. The highest BCUT2D eigenvalue weighted by molar-refractivity contribution is 5.78. The molecule has 0 bridgehead atoms. The van der Waals surface area contributed by atoms with Gasteiger partial charge in [0.2, 0.25) is 5.82 Å². The lowest BCUT2D eigenvalue weighted by molar-refractivity contribution is -0.387. The van der Waals surface area contributed by atoms with Crippen LogP contribution < -0.4 is 15.8 Å². The first-order valence-corrected chi connectivity index (χ1v) is 6.77. The number of rotatable bonds is 7. The first kappa shape index (κ1) is 17.8. The lowest BCUT2D eigenvalue weighted by Gasteiger charge is -2.33. The first-order chi connectivity index (χ1) is 10.2. The maximum atomic E-state index is 13.4. The Morgan fingerprint density at radius 3 is 2.64 bits per heavy atom. The number of amides is 1. The van der Waals surface area contributed by atoms with Gasteiger partial charge in [0.1, 0.15) is 5.75 Å². The van der Waals surface area contributed by atoms with Crippen molar-refractivity contribution in [1.82, 2.24) is 5.32 Å². The van der Waals surface area contributed by atoms with Gasteiger partial charge in [0.05, 0.1) is 10.5 Å². The van der Waals surface area contributed by atoms with E-state index in [1.165, 1.54) is 6.07 Å². The maximum absolute atomic E-state index is 13.4. The lowest BCUT2D eigenvalue weighted by Crippen LogP contribution is -2.56. The van der Waals surface area contributed by atoms with Crippen LogP contribution in [0.1, 0.15) is 20.8 Å². The van der Waals surface area contributed by atoms with E-state index in [4.69, 9.17) is 10.5 Å². The molecule has 0 aromatic heterocycles. The number of hydrogen-bond acceptors (Lipinski definition) is 5. The van der Waals surface area contributed by atoms with E-state index in [1.807, 2.05) is 20.8 Å². The zero-order chi connectivity index (χ0) is 16.9. The molecule has 1 rings (SSSR count). The summed E-state index contributed by atoms with van der Waals surface area (Å²) in [6, 6.07) is 3.09. The van der Waals surface area contributed by atoms with Crippen LogP contribution in [0.2, 0.25) is 0 Å². The molecule has 0 aliphatic heterocycles. The van der Waals surface area contributed by atoms with Crippen molar-refractivity contribution in [2.45, 2.75) is 26.3 Å². The number of nitro groups is 1. The van der Waals surface area contributed by atoms with Gasteiger partial charge in [-0.05, 0) is 18.9 Å². The van der Waals surface area contributed by atoms with Crippen LogP contribution in [0, 0.1) is 21.8 Å². The summed E-state index contributed by atoms with van der Waals surface area (Å²) in [4.78, 5) is 21.5. The summed E-state index contributed by atoms with van der Waals surface area (Å²) in [5.41, 5.74) is 4.45. The van der Waals surface area contributed by atoms with Crippen molar-refractivity contribution < 1.29 is 18.8 Å². The smallest absolute Gasteiger partial charge is 0.305 e. The van der Waals surface area contributed by atoms with Gasteiger partial charge in [-0.25, -0.2) is 0 Å². The second-order valence-corrected chi connectivity index (χ2v) is 5.48. The molecule has 1 aromatic rings. The molecule has 3 N–H and O–H groups in total. The summed E-state index contributed by atoms with van der Waals surface area (Å²) in [6.45, 7) is 5.61. The number of carbonyl (C=O) groups excluding carboxylic acids is 1. The number of nitrogens with zero attached hydrogens (tertiary/aromatic N) is 1. The summed E-state index contributed by atoms with van der Waals surface area (Å²) in [7, 11) is 0. The van der Waals surface area contributed by atoms with E-state index in [1.54, 1.807) is 0 Å². The quantitative estimate of drug-likeness (QED) is 0.587. The minimum atomic E-state index is -1.02. The second kappa shape index (κ2) is 7.17. The van der Waals surface area contributed by atoms with Crippen molar-refractivity contribution in [3.05, 3.63) is 34.1 Å². The van der Waals surface area contributed by atoms with Gasteiger partial charge in [-0.1, -0.05) is 13.8 Å². The van der Waals surface area contributed by atoms with Crippen molar-refractivity contribution in [2.24, 2.45) is 11.7 Å². The molecule has 8 heteroatoms. The molecule has 1 aromatic carbocycles. The van der Waals surface area contributed by atoms with Crippen molar-refractivity contribution >= 4 is 11.6 Å². The number of hydrogen-bond donors (Lipinski definition) is 2. The Hall–Kier alpha value is -2.22. The molecule has 0 radical (unpaired) electrons. The Kier molecular flexibility index (Phi) is 5.81. The van der Waals surface area contributed by atoms with Gasteiger partial charge < -0.3 is 15.8 Å². The Morgan fingerprint density at radius 2 is 2.18 bits per heavy atom. The number of nitrogens with two attached hydrogens (primary N) is 1. The molecule has 0 spiro atoms. The van der Waals surface area contributed by atoms with Crippen LogP contribution >= 0.6 is 0 Å². The third-order valence-corrected chi connectivity index (χ3v) is 3.61. The van der Waals surface area contributed by atoms with Crippen LogP contribution in [0.4, 0.5) is 10.1 Å². The minimum absolute atomic E-state index is 0.0391. The third-order valence-electron chi connectivity index (χ3n) is 3.61. The summed E-state index contributed by atoms with van der Waals surface area (Å²) in [5, 5.41) is 13.3. The van der Waals surface area contributed by atoms with Crippen LogP contribution in [0.25, 0.3) is 0 Å². The SMILES string of the molecule is CC(C)C(C)(CN)NC(=O)COc1ccc([N+](=O)[O-])c(F)c1. The highest BCUT2D eigenvalue weighted by Crippen LogP contribution is 2.22. The van der Waals surface area contributed by atoms with Gasteiger partial charge in [0, 0.05) is 18.7 Å². The number of ether oxygens (including phenoxy) is 1. The fourth-order valence-electron chi connectivity index (χ4n) is 1.66. The lowest BCUT2D eigenvalue weighted by atomic mass is 9.88. The zero-order valence-electron chi connectivity index (χ0n) is 12.8. The number of halogens is 1.